The van der Waals surface area contributed by atoms with Crippen molar-refractivity contribution in [1.82, 2.24) is 10.3 Å². The number of halogens is 2. The molecule has 0 radical (unpaired) electrons. The molecule has 0 saturated carbocycles. The van der Waals surface area contributed by atoms with Crippen LogP contribution in [0.5, 0.6) is 0 Å². The largest absolute Gasteiger partial charge is 0.310 e. The van der Waals surface area contributed by atoms with E-state index in [0.717, 1.165) is 28.3 Å². The lowest BCUT2D eigenvalue weighted by Crippen LogP contribution is -2.24. The summed E-state index contributed by atoms with van der Waals surface area (Å²) in [5.41, 5.74) is 2.57. The number of nitrogens with zero attached hydrogens (tertiary/aromatic N) is 1. The van der Waals surface area contributed by atoms with E-state index < -0.39 is 0 Å². The van der Waals surface area contributed by atoms with E-state index in [1.54, 1.807) is 0 Å². The summed E-state index contributed by atoms with van der Waals surface area (Å²) in [6.45, 7) is 3.20. The molecule has 1 aromatic heterocycles. The molecule has 0 aliphatic rings. The predicted molar refractivity (Wildman–Crippen MR) is 90.8 cm³/mol. The maximum Gasteiger partial charge on any atom is 0.0372 e. The summed E-state index contributed by atoms with van der Waals surface area (Å²) in [5, 5.41) is 3.63. The fourth-order valence-corrected chi connectivity index (χ4v) is 3.05. The van der Waals surface area contributed by atoms with Crippen LogP contribution in [0.4, 0.5) is 0 Å². The number of hydrogen-bond acceptors (Lipinski definition) is 2. The second kappa shape index (κ2) is 7.91. The van der Waals surface area contributed by atoms with E-state index in [1.165, 1.54) is 11.1 Å². The summed E-state index contributed by atoms with van der Waals surface area (Å²) in [4.78, 5) is 4.08. The minimum absolute atomic E-state index is 0.296. The van der Waals surface area contributed by atoms with Gasteiger partial charge in [0.1, 0.15) is 0 Å². The van der Waals surface area contributed by atoms with Gasteiger partial charge in [-0.3, -0.25) is 4.98 Å². The zero-order chi connectivity index (χ0) is 14.4. The van der Waals surface area contributed by atoms with Crippen LogP contribution >= 0.6 is 31.9 Å². The fraction of sp³-hybridized carbons (Fsp3) is 0.312. The van der Waals surface area contributed by atoms with Crippen molar-refractivity contribution in [3.63, 3.8) is 0 Å². The van der Waals surface area contributed by atoms with Gasteiger partial charge < -0.3 is 5.32 Å². The number of nitrogens with one attached hydrogen (secondary N) is 1. The Bertz CT molecular complexity index is 543. The standard InChI is InChI=1S/C16H18Br2N2/c1-2-7-20-16(10-12-5-8-19-9-6-12)14-11-13(17)3-4-15(14)18/h3-6,8-9,11,16,20H,2,7,10H2,1H3. The summed E-state index contributed by atoms with van der Waals surface area (Å²) in [5.74, 6) is 0. The van der Waals surface area contributed by atoms with E-state index in [4.69, 9.17) is 0 Å². The minimum Gasteiger partial charge on any atom is -0.310 e. The Morgan fingerprint density at radius 2 is 1.90 bits per heavy atom. The Hall–Kier alpha value is -0.710. The molecule has 1 unspecified atom stereocenters. The molecular weight excluding hydrogens is 380 g/mol. The van der Waals surface area contributed by atoms with Crippen LogP contribution in [0, 0.1) is 0 Å². The first kappa shape index (κ1) is 15.7. The van der Waals surface area contributed by atoms with Crippen LogP contribution in [-0.4, -0.2) is 11.5 Å². The van der Waals surface area contributed by atoms with Crippen LogP contribution in [0.25, 0.3) is 0 Å². The molecule has 1 heterocycles. The highest BCUT2D eigenvalue weighted by Crippen LogP contribution is 2.29. The molecule has 1 atom stereocenters. The van der Waals surface area contributed by atoms with Gasteiger partial charge in [0.2, 0.25) is 0 Å². The lowest BCUT2D eigenvalue weighted by Gasteiger charge is -2.21. The Balaban J connectivity index is 2.24. The van der Waals surface area contributed by atoms with Crippen LogP contribution in [0.3, 0.4) is 0 Å². The van der Waals surface area contributed by atoms with E-state index in [1.807, 2.05) is 12.4 Å². The Labute approximate surface area is 137 Å². The first-order valence-corrected chi connectivity index (χ1v) is 8.36. The molecular formula is C16H18Br2N2. The summed E-state index contributed by atoms with van der Waals surface area (Å²) >= 11 is 7.22. The second-order valence-electron chi connectivity index (χ2n) is 4.73. The first-order valence-electron chi connectivity index (χ1n) is 6.78. The highest BCUT2D eigenvalue weighted by Gasteiger charge is 2.15. The average molecular weight is 398 g/mol. The molecule has 4 heteroatoms. The molecule has 2 rings (SSSR count). The normalized spacial score (nSPS) is 12.3. The van der Waals surface area contributed by atoms with Gasteiger partial charge in [0.05, 0.1) is 0 Å². The molecule has 1 N–H and O–H groups in total. The van der Waals surface area contributed by atoms with Crippen LogP contribution < -0.4 is 5.32 Å². The van der Waals surface area contributed by atoms with Gasteiger partial charge in [0.15, 0.2) is 0 Å². The highest BCUT2D eigenvalue weighted by atomic mass is 79.9. The lowest BCUT2D eigenvalue weighted by molar-refractivity contribution is 0.527. The van der Waals surface area contributed by atoms with Crippen molar-refractivity contribution in [3.8, 4) is 0 Å². The monoisotopic (exact) mass is 396 g/mol. The summed E-state index contributed by atoms with van der Waals surface area (Å²) < 4.78 is 2.25. The molecule has 0 aliphatic heterocycles. The number of hydrogen-bond donors (Lipinski definition) is 1. The van der Waals surface area contributed by atoms with E-state index >= 15 is 0 Å². The van der Waals surface area contributed by atoms with Gasteiger partial charge >= 0.3 is 0 Å². The van der Waals surface area contributed by atoms with E-state index in [0.29, 0.717) is 6.04 Å². The third-order valence-electron chi connectivity index (χ3n) is 3.16. The molecule has 20 heavy (non-hydrogen) atoms. The number of rotatable bonds is 6. The topological polar surface area (TPSA) is 24.9 Å². The molecule has 0 spiro atoms. The van der Waals surface area contributed by atoms with Gasteiger partial charge in [-0.1, -0.05) is 38.8 Å². The van der Waals surface area contributed by atoms with Gasteiger partial charge in [-0.05, 0) is 60.8 Å². The summed E-state index contributed by atoms with van der Waals surface area (Å²) in [7, 11) is 0. The Morgan fingerprint density at radius 3 is 2.60 bits per heavy atom. The molecule has 0 bridgehead atoms. The fourth-order valence-electron chi connectivity index (χ4n) is 2.15. The maximum absolute atomic E-state index is 4.08. The van der Waals surface area contributed by atoms with Crippen LogP contribution in [0.15, 0.2) is 51.7 Å². The van der Waals surface area contributed by atoms with Gasteiger partial charge in [-0.15, -0.1) is 0 Å². The Kier molecular flexibility index (Phi) is 6.20. The average Bonchev–Trinajstić information content (AvgIpc) is 2.47. The molecule has 0 fully saturated rings. The quantitative estimate of drug-likeness (QED) is 0.750. The highest BCUT2D eigenvalue weighted by molar-refractivity contribution is 9.11. The third-order valence-corrected chi connectivity index (χ3v) is 4.38. The van der Waals surface area contributed by atoms with Crippen molar-refractivity contribution in [1.29, 1.82) is 0 Å². The lowest BCUT2D eigenvalue weighted by atomic mass is 9.99. The van der Waals surface area contributed by atoms with Crippen molar-refractivity contribution in [2.45, 2.75) is 25.8 Å². The molecule has 0 amide bonds. The number of benzene rings is 1. The summed E-state index contributed by atoms with van der Waals surface area (Å²) in [6.07, 6.45) is 5.78. The molecule has 1 aromatic carbocycles. The smallest absolute Gasteiger partial charge is 0.0372 e. The molecule has 106 valence electrons. The molecule has 2 aromatic rings. The van der Waals surface area contributed by atoms with Crippen LogP contribution in [0.2, 0.25) is 0 Å². The molecule has 2 nitrogen and oxygen atoms in total. The molecule has 0 aliphatic carbocycles. The predicted octanol–water partition coefficient (Wildman–Crippen LogP) is 4.89. The van der Waals surface area contributed by atoms with Crippen molar-refractivity contribution >= 4 is 31.9 Å². The number of aromatic nitrogens is 1. The Morgan fingerprint density at radius 1 is 1.15 bits per heavy atom. The van der Waals surface area contributed by atoms with E-state index in [-0.39, 0.29) is 0 Å². The minimum atomic E-state index is 0.296. The van der Waals surface area contributed by atoms with E-state index in [2.05, 4.69) is 79.4 Å². The zero-order valence-corrected chi connectivity index (χ0v) is 14.6. The second-order valence-corrected chi connectivity index (χ2v) is 6.50. The van der Waals surface area contributed by atoms with Crippen LogP contribution in [-0.2, 0) is 6.42 Å². The third kappa shape index (κ3) is 4.40. The number of pyridine rings is 1. The molecule has 0 saturated heterocycles. The van der Waals surface area contributed by atoms with Gasteiger partial charge in [-0.2, -0.15) is 0 Å². The van der Waals surface area contributed by atoms with Gasteiger partial charge in [0, 0.05) is 27.4 Å². The van der Waals surface area contributed by atoms with Crippen molar-refractivity contribution in [2.24, 2.45) is 0 Å². The van der Waals surface area contributed by atoms with E-state index in [9.17, 15) is 0 Å². The van der Waals surface area contributed by atoms with Crippen molar-refractivity contribution in [3.05, 3.63) is 62.8 Å². The first-order chi connectivity index (χ1) is 9.70. The zero-order valence-electron chi connectivity index (χ0n) is 11.4. The van der Waals surface area contributed by atoms with Crippen LogP contribution in [0.1, 0.15) is 30.5 Å². The maximum atomic E-state index is 4.08. The van der Waals surface area contributed by atoms with Gasteiger partial charge in [-0.25, -0.2) is 0 Å². The van der Waals surface area contributed by atoms with Crippen molar-refractivity contribution < 1.29 is 0 Å². The SMILES string of the molecule is CCCNC(Cc1ccncc1)c1cc(Br)ccc1Br. The summed E-state index contributed by atoms with van der Waals surface area (Å²) in [6, 6.07) is 10.8. The van der Waals surface area contributed by atoms with Gasteiger partial charge in [0.25, 0.3) is 0 Å². The van der Waals surface area contributed by atoms with Crippen molar-refractivity contribution in [2.75, 3.05) is 6.54 Å².